The minimum absolute atomic E-state index is 1.15. The summed E-state index contributed by atoms with van der Waals surface area (Å²) in [4.78, 5) is 0. The van der Waals surface area contributed by atoms with Crippen molar-refractivity contribution in [3.8, 4) is 22.5 Å². The first-order valence-electron chi connectivity index (χ1n) is 18.7. The standard InChI is InChI=1S/C52H32N2/c1-2-15-36(16-3-1)53-48-24-11-10-23-44(48)46-31-51-47(32-50(46)53)52-38-18-5-4-13-33(38)26-28-49(52)54(51)37-17-12-14-34(29-37)35-25-27-43-41-21-7-6-19-39(41)40-20-8-9-22-42(40)45(43)30-35/h1-32H. The lowest BCUT2D eigenvalue weighted by Gasteiger charge is -2.13. The van der Waals surface area contributed by atoms with Gasteiger partial charge in [-0.05, 0) is 109 Å². The molecule has 250 valence electrons. The Morgan fingerprint density at radius 3 is 1.57 bits per heavy atom. The lowest BCUT2D eigenvalue weighted by Crippen LogP contribution is -1.95. The lowest BCUT2D eigenvalue weighted by atomic mass is 9.92. The zero-order valence-corrected chi connectivity index (χ0v) is 29.4. The Morgan fingerprint density at radius 2 is 0.796 bits per heavy atom. The summed E-state index contributed by atoms with van der Waals surface area (Å²) in [6.45, 7) is 0. The normalized spacial score (nSPS) is 12.1. The third-order valence-corrected chi connectivity index (χ3v) is 11.6. The van der Waals surface area contributed by atoms with Crippen molar-refractivity contribution in [3.05, 3.63) is 194 Å². The Hall–Kier alpha value is -7.16. The van der Waals surface area contributed by atoms with E-state index in [9.17, 15) is 0 Å². The topological polar surface area (TPSA) is 9.86 Å². The number of fused-ring (bicyclic) bond motifs is 14. The fraction of sp³-hybridized carbons (Fsp3) is 0. The molecule has 2 nitrogen and oxygen atoms in total. The van der Waals surface area contributed by atoms with Crippen molar-refractivity contribution in [2.75, 3.05) is 0 Å². The van der Waals surface area contributed by atoms with Crippen molar-refractivity contribution in [1.82, 2.24) is 9.13 Å². The van der Waals surface area contributed by atoms with Crippen molar-refractivity contribution in [2.24, 2.45) is 0 Å². The van der Waals surface area contributed by atoms with Crippen molar-refractivity contribution in [1.29, 1.82) is 0 Å². The molecule has 12 aromatic rings. The molecule has 0 aliphatic rings. The van der Waals surface area contributed by atoms with Crippen LogP contribution in [0, 0.1) is 0 Å². The quantitative estimate of drug-likeness (QED) is 0.164. The molecule has 10 aromatic carbocycles. The molecule has 12 rings (SSSR count). The van der Waals surface area contributed by atoms with E-state index in [1.807, 2.05) is 0 Å². The van der Waals surface area contributed by atoms with E-state index in [1.54, 1.807) is 0 Å². The van der Waals surface area contributed by atoms with Crippen molar-refractivity contribution in [3.63, 3.8) is 0 Å². The first-order valence-corrected chi connectivity index (χ1v) is 18.7. The molecular weight excluding hydrogens is 653 g/mol. The Kier molecular flexibility index (Phi) is 6.09. The minimum Gasteiger partial charge on any atom is -0.309 e. The monoisotopic (exact) mass is 684 g/mol. The van der Waals surface area contributed by atoms with E-state index < -0.39 is 0 Å². The van der Waals surface area contributed by atoms with Gasteiger partial charge in [-0.1, -0.05) is 140 Å². The third kappa shape index (κ3) is 4.11. The Morgan fingerprint density at radius 1 is 0.241 bits per heavy atom. The molecular formula is C52H32N2. The van der Waals surface area contributed by atoms with Gasteiger partial charge in [0.15, 0.2) is 0 Å². The average molecular weight is 685 g/mol. The van der Waals surface area contributed by atoms with Crippen LogP contribution in [0.1, 0.15) is 0 Å². The molecule has 2 heterocycles. The minimum atomic E-state index is 1.15. The van der Waals surface area contributed by atoms with Crippen molar-refractivity contribution >= 4 is 86.7 Å². The predicted molar refractivity (Wildman–Crippen MR) is 231 cm³/mol. The van der Waals surface area contributed by atoms with E-state index in [2.05, 4.69) is 203 Å². The molecule has 2 aromatic heterocycles. The summed E-state index contributed by atoms with van der Waals surface area (Å²) in [7, 11) is 0. The second-order valence-corrected chi connectivity index (χ2v) is 14.5. The van der Waals surface area contributed by atoms with Gasteiger partial charge in [0.1, 0.15) is 0 Å². The zero-order valence-electron chi connectivity index (χ0n) is 29.4. The molecule has 0 aliphatic heterocycles. The van der Waals surface area contributed by atoms with E-state index in [1.165, 1.54) is 104 Å². The predicted octanol–water partition coefficient (Wildman–Crippen LogP) is 14.2. The first kappa shape index (κ1) is 29.4. The summed E-state index contributed by atoms with van der Waals surface area (Å²) >= 11 is 0. The summed E-state index contributed by atoms with van der Waals surface area (Å²) in [5.74, 6) is 0. The molecule has 0 bridgehead atoms. The smallest absolute Gasteiger partial charge is 0.0549 e. The van der Waals surface area contributed by atoms with Crippen molar-refractivity contribution in [2.45, 2.75) is 0 Å². The van der Waals surface area contributed by atoms with E-state index in [0.29, 0.717) is 0 Å². The summed E-state index contributed by atoms with van der Waals surface area (Å²) in [5, 5.41) is 15.3. The van der Waals surface area contributed by atoms with Gasteiger partial charge in [0.2, 0.25) is 0 Å². The zero-order chi connectivity index (χ0) is 35.3. The Balaban J connectivity index is 1.15. The SMILES string of the molecule is c1ccc(-n2c3ccccc3c3cc4c(cc32)c2c3ccccc3ccc2n4-c2cccc(-c3ccc4c5ccccc5c5ccccc5c4c3)c2)cc1. The number of aromatic nitrogens is 2. The van der Waals surface area contributed by atoms with Crippen LogP contribution in [0.2, 0.25) is 0 Å². The van der Waals surface area contributed by atoms with Gasteiger partial charge >= 0.3 is 0 Å². The van der Waals surface area contributed by atoms with E-state index in [-0.39, 0.29) is 0 Å². The molecule has 54 heavy (non-hydrogen) atoms. The fourth-order valence-electron chi connectivity index (χ4n) is 9.29. The Labute approximate surface area is 311 Å². The van der Waals surface area contributed by atoms with Gasteiger partial charge in [-0.3, -0.25) is 0 Å². The van der Waals surface area contributed by atoms with E-state index in [0.717, 1.165) is 5.69 Å². The van der Waals surface area contributed by atoms with Crippen LogP contribution in [-0.4, -0.2) is 9.13 Å². The van der Waals surface area contributed by atoms with Gasteiger partial charge in [0.25, 0.3) is 0 Å². The van der Waals surface area contributed by atoms with E-state index in [4.69, 9.17) is 0 Å². The van der Waals surface area contributed by atoms with Gasteiger partial charge in [-0.15, -0.1) is 0 Å². The van der Waals surface area contributed by atoms with Gasteiger partial charge in [0.05, 0.1) is 22.1 Å². The van der Waals surface area contributed by atoms with Gasteiger partial charge in [-0.25, -0.2) is 0 Å². The van der Waals surface area contributed by atoms with Crippen LogP contribution in [0.25, 0.3) is 109 Å². The van der Waals surface area contributed by atoms with Crippen LogP contribution in [-0.2, 0) is 0 Å². The van der Waals surface area contributed by atoms with Crippen LogP contribution in [0.15, 0.2) is 194 Å². The molecule has 0 spiro atoms. The van der Waals surface area contributed by atoms with Crippen molar-refractivity contribution < 1.29 is 0 Å². The molecule has 2 heteroatoms. The number of hydrogen-bond acceptors (Lipinski definition) is 0. The number of hydrogen-bond donors (Lipinski definition) is 0. The summed E-state index contributed by atoms with van der Waals surface area (Å²) in [6, 6.07) is 71.5. The van der Waals surface area contributed by atoms with Crippen LogP contribution in [0.4, 0.5) is 0 Å². The second-order valence-electron chi connectivity index (χ2n) is 14.5. The van der Waals surface area contributed by atoms with Gasteiger partial charge in [-0.2, -0.15) is 0 Å². The molecule has 0 saturated heterocycles. The maximum atomic E-state index is 2.48. The largest absolute Gasteiger partial charge is 0.309 e. The summed E-state index contributed by atoms with van der Waals surface area (Å²) in [6.07, 6.45) is 0. The number of benzene rings is 10. The van der Waals surface area contributed by atoms with Gasteiger partial charge in [0, 0.05) is 32.9 Å². The molecule has 0 radical (unpaired) electrons. The molecule has 0 fully saturated rings. The molecule has 0 aliphatic carbocycles. The average Bonchev–Trinajstić information content (AvgIpc) is 3.75. The maximum absolute atomic E-state index is 2.48. The molecule has 0 amide bonds. The molecule has 0 N–H and O–H groups in total. The van der Waals surface area contributed by atoms with Crippen LogP contribution in [0.3, 0.4) is 0 Å². The summed E-state index contributed by atoms with van der Waals surface area (Å²) in [5.41, 5.74) is 9.57. The highest BCUT2D eigenvalue weighted by atomic mass is 15.0. The van der Waals surface area contributed by atoms with Crippen LogP contribution in [0.5, 0.6) is 0 Å². The maximum Gasteiger partial charge on any atom is 0.0549 e. The van der Waals surface area contributed by atoms with Crippen LogP contribution < -0.4 is 0 Å². The highest BCUT2D eigenvalue weighted by Gasteiger charge is 2.20. The van der Waals surface area contributed by atoms with Gasteiger partial charge < -0.3 is 9.13 Å². The molecule has 0 atom stereocenters. The highest BCUT2D eigenvalue weighted by molar-refractivity contribution is 6.27. The number of para-hydroxylation sites is 2. The summed E-state index contributed by atoms with van der Waals surface area (Å²) < 4.78 is 4.91. The number of rotatable bonds is 3. The molecule has 0 unspecified atom stereocenters. The Bertz CT molecular complexity index is 3460. The van der Waals surface area contributed by atoms with Crippen LogP contribution >= 0.6 is 0 Å². The first-order chi connectivity index (χ1) is 26.8. The lowest BCUT2D eigenvalue weighted by molar-refractivity contribution is 1.17. The third-order valence-electron chi connectivity index (χ3n) is 11.6. The molecule has 0 saturated carbocycles. The number of nitrogens with zero attached hydrogens (tertiary/aromatic N) is 2. The second kappa shape index (κ2) is 11.2. The van der Waals surface area contributed by atoms with E-state index >= 15 is 0 Å². The fourth-order valence-corrected chi connectivity index (χ4v) is 9.29. The highest BCUT2D eigenvalue weighted by Crippen LogP contribution is 2.43.